The van der Waals surface area contributed by atoms with Gasteiger partial charge in [0.05, 0.1) is 4.92 Å². The Kier molecular flexibility index (Phi) is 2.17. The summed E-state index contributed by atoms with van der Waals surface area (Å²) in [6.45, 7) is 1.76. The zero-order valence-corrected chi connectivity index (χ0v) is 7.99. The lowest BCUT2D eigenvalue weighted by Crippen LogP contribution is -2.03. The van der Waals surface area contributed by atoms with Gasteiger partial charge in [0.2, 0.25) is 5.82 Å². The summed E-state index contributed by atoms with van der Waals surface area (Å²) < 4.78 is 1.37. The Hall–Kier alpha value is -2.24. The first-order valence-electron chi connectivity index (χ1n) is 4.29. The van der Waals surface area contributed by atoms with Crippen LogP contribution in [0.3, 0.4) is 0 Å². The van der Waals surface area contributed by atoms with Gasteiger partial charge in [0.25, 0.3) is 0 Å². The van der Waals surface area contributed by atoms with Crippen LogP contribution in [0.25, 0.3) is 5.82 Å². The van der Waals surface area contributed by atoms with E-state index in [1.807, 2.05) is 0 Å². The van der Waals surface area contributed by atoms with E-state index in [1.165, 1.54) is 10.7 Å². The van der Waals surface area contributed by atoms with Gasteiger partial charge in [-0.2, -0.15) is 5.10 Å². The van der Waals surface area contributed by atoms with Gasteiger partial charge in [-0.15, -0.1) is 0 Å². The Balaban J connectivity index is 2.61. The molecule has 76 valence electrons. The van der Waals surface area contributed by atoms with Gasteiger partial charge in [-0.3, -0.25) is 10.1 Å². The molecule has 0 aliphatic heterocycles. The smallest absolute Gasteiger partial charge is 0.258 e. The predicted molar refractivity (Wildman–Crippen MR) is 52.8 cm³/mol. The van der Waals surface area contributed by atoms with Crippen LogP contribution in [0.4, 0.5) is 5.69 Å². The number of pyridine rings is 1. The van der Waals surface area contributed by atoms with Gasteiger partial charge in [0.15, 0.2) is 0 Å². The molecule has 0 fully saturated rings. The van der Waals surface area contributed by atoms with E-state index in [9.17, 15) is 10.1 Å². The molecule has 0 aliphatic carbocycles. The SMILES string of the molecule is Cc1cnc(-n2cccn2)c([N+](=O)[O-])c1. The van der Waals surface area contributed by atoms with Crippen LogP contribution >= 0.6 is 0 Å². The average Bonchev–Trinajstić information content (AvgIpc) is 2.70. The predicted octanol–water partition coefficient (Wildman–Crippen LogP) is 1.48. The summed E-state index contributed by atoms with van der Waals surface area (Å²) in [5.41, 5.74) is 0.705. The van der Waals surface area contributed by atoms with Gasteiger partial charge in [-0.05, 0) is 18.6 Å². The minimum absolute atomic E-state index is 0.0429. The van der Waals surface area contributed by atoms with Gasteiger partial charge >= 0.3 is 5.69 Å². The maximum Gasteiger partial charge on any atom is 0.314 e. The van der Waals surface area contributed by atoms with Crippen LogP contribution in [-0.4, -0.2) is 19.7 Å². The summed E-state index contributed by atoms with van der Waals surface area (Å²) in [6.07, 6.45) is 4.74. The second-order valence-corrected chi connectivity index (χ2v) is 3.06. The average molecular weight is 204 g/mol. The van der Waals surface area contributed by atoms with Crippen molar-refractivity contribution in [2.45, 2.75) is 6.92 Å². The highest BCUT2D eigenvalue weighted by molar-refractivity contribution is 5.47. The first-order chi connectivity index (χ1) is 7.18. The van der Waals surface area contributed by atoms with E-state index in [-0.39, 0.29) is 11.5 Å². The molecule has 0 aromatic carbocycles. The first-order valence-corrected chi connectivity index (χ1v) is 4.29. The molecule has 2 aromatic rings. The highest BCUT2D eigenvalue weighted by atomic mass is 16.6. The summed E-state index contributed by atoms with van der Waals surface area (Å²) >= 11 is 0. The second kappa shape index (κ2) is 3.49. The molecule has 0 atom stereocenters. The van der Waals surface area contributed by atoms with Gasteiger partial charge in [0, 0.05) is 24.7 Å². The molecule has 0 radical (unpaired) electrons. The van der Waals surface area contributed by atoms with Gasteiger partial charge < -0.3 is 0 Å². The van der Waals surface area contributed by atoms with Crippen LogP contribution in [0.5, 0.6) is 0 Å². The molecule has 0 amide bonds. The van der Waals surface area contributed by atoms with Crippen molar-refractivity contribution < 1.29 is 4.92 Å². The van der Waals surface area contributed by atoms with Crippen LogP contribution in [0.2, 0.25) is 0 Å². The van der Waals surface area contributed by atoms with E-state index in [2.05, 4.69) is 10.1 Å². The molecule has 0 N–H and O–H groups in total. The molecule has 2 heterocycles. The Morgan fingerprint density at radius 2 is 2.33 bits per heavy atom. The number of nitro groups is 1. The van der Waals surface area contributed by atoms with Gasteiger partial charge in [-0.1, -0.05) is 0 Å². The number of aryl methyl sites for hydroxylation is 1. The molecule has 2 rings (SSSR count). The van der Waals surface area contributed by atoms with Crippen molar-refractivity contribution in [2.75, 3.05) is 0 Å². The standard InChI is InChI=1S/C9H8N4O2/c1-7-5-8(13(14)15)9(10-6-7)12-4-2-3-11-12/h2-6H,1H3. The Labute approximate surface area is 85.3 Å². The van der Waals surface area contributed by atoms with E-state index in [4.69, 9.17) is 0 Å². The normalized spacial score (nSPS) is 10.2. The largest absolute Gasteiger partial charge is 0.314 e. The van der Waals surface area contributed by atoms with Crippen molar-refractivity contribution in [1.29, 1.82) is 0 Å². The van der Waals surface area contributed by atoms with Crippen LogP contribution in [0.1, 0.15) is 5.56 Å². The summed E-state index contributed by atoms with van der Waals surface area (Å²) in [7, 11) is 0. The first kappa shape index (κ1) is 9.32. The van der Waals surface area contributed by atoms with Crippen molar-refractivity contribution in [3.63, 3.8) is 0 Å². The van der Waals surface area contributed by atoms with Gasteiger partial charge in [0.1, 0.15) is 0 Å². The third kappa shape index (κ3) is 1.69. The highest BCUT2D eigenvalue weighted by Crippen LogP contribution is 2.20. The molecular weight excluding hydrogens is 196 g/mol. The number of nitrogens with zero attached hydrogens (tertiary/aromatic N) is 4. The van der Waals surface area contributed by atoms with Crippen molar-refractivity contribution in [3.05, 3.63) is 46.4 Å². The van der Waals surface area contributed by atoms with E-state index < -0.39 is 4.92 Å². The second-order valence-electron chi connectivity index (χ2n) is 3.06. The Morgan fingerprint density at radius 1 is 1.53 bits per heavy atom. The molecule has 0 unspecified atom stereocenters. The molecule has 0 saturated carbocycles. The molecule has 0 spiro atoms. The number of aromatic nitrogens is 3. The fraction of sp³-hybridized carbons (Fsp3) is 0.111. The quantitative estimate of drug-likeness (QED) is 0.548. The monoisotopic (exact) mass is 204 g/mol. The third-order valence-electron chi connectivity index (χ3n) is 1.90. The molecular formula is C9H8N4O2. The highest BCUT2D eigenvalue weighted by Gasteiger charge is 2.16. The third-order valence-corrected chi connectivity index (χ3v) is 1.90. The van der Waals surface area contributed by atoms with Crippen LogP contribution in [-0.2, 0) is 0 Å². The lowest BCUT2D eigenvalue weighted by molar-refractivity contribution is -0.385. The van der Waals surface area contributed by atoms with Crippen LogP contribution in [0.15, 0.2) is 30.7 Å². The van der Waals surface area contributed by atoms with E-state index >= 15 is 0 Å². The topological polar surface area (TPSA) is 73.8 Å². The maximum absolute atomic E-state index is 10.8. The number of rotatable bonds is 2. The van der Waals surface area contributed by atoms with Gasteiger partial charge in [-0.25, -0.2) is 9.67 Å². The minimum atomic E-state index is -0.461. The van der Waals surface area contributed by atoms with Crippen LogP contribution < -0.4 is 0 Å². The van der Waals surface area contributed by atoms with Crippen molar-refractivity contribution in [2.24, 2.45) is 0 Å². The summed E-state index contributed by atoms with van der Waals surface area (Å²) in [6, 6.07) is 3.16. The Morgan fingerprint density at radius 3 is 2.93 bits per heavy atom. The molecule has 15 heavy (non-hydrogen) atoms. The Bertz CT molecular complexity index is 493. The number of hydrogen-bond acceptors (Lipinski definition) is 4. The molecule has 0 aliphatic rings. The lowest BCUT2D eigenvalue weighted by atomic mass is 10.3. The zero-order valence-electron chi connectivity index (χ0n) is 7.99. The van der Waals surface area contributed by atoms with E-state index in [0.717, 1.165) is 5.56 Å². The fourth-order valence-corrected chi connectivity index (χ4v) is 1.25. The molecule has 6 nitrogen and oxygen atoms in total. The summed E-state index contributed by atoms with van der Waals surface area (Å²) in [5.74, 6) is 0.232. The molecule has 2 aromatic heterocycles. The van der Waals surface area contributed by atoms with Crippen molar-refractivity contribution >= 4 is 5.69 Å². The maximum atomic E-state index is 10.8. The number of hydrogen-bond donors (Lipinski definition) is 0. The van der Waals surface area contributed by atoms with Crippen LogP contribution in [0, 0.1) is 17.0 Å². The molecule has 0 saturated heterocycles. The minimum Gasteiger partial charge on any atom is -0.258 e. The van der Waals surface area contributed by atoms with E-state index in [1.54, 1.807) is 31.6 Å². The molecule has 6 heteroatoms. The lowest BCUT2D eigenvalue weighted by Gasteiger charge is -2.01. The summed E-state index contributed by atoms with van der Waals surface area (Å²) in [4.78, 5) is 14.3. The summed E-state index contributed by atoms with van der Waals surface area (Å²) in [5, 5.41) is 14.7. The van der Waals surface area contributed by atoms with Crippen molar-refractivity contribution in [3.8, 4) is 5.82 Å². The van der Waals surface area contributed by atoms with E-state index in [0.29, 0.717) is 0 Å². The molecule has 0 bridgehead atoms. The zero-order chi connectivity index (χ0) is 10.8. The fourth-order valence-electron chi connectivity index (χ4n) is 1.25. The van der Waals surface area contributed by atoms with Crippen molar-refractivity contribution in [1.82, 2.24) is 14.8 Å².